The van der Waals surface area contributed by atoms with Gasteiger partial charge in [-0.1, -0.05) is 188 Å². The Bertz CT molecular complexity index is 3000. The fourth-order valence-corrected chi connectivity index (χ4v) is 9.20. The molecule has 3 nitrogen and oxygen atoms in total. The largest absolute Gasteiger partial charge is 0.238 e. The topological polar surface area (TPSA) is 30.1 Å². The van der Waals surface area contributed by atoms with Gasteiger partial charge in [0.2, 0.25) is 0 Å². The molecular weight excluding hydrogens is 691 g/mol. The van der Waals surface area contributed by atoms with E-state index in [1.807, 2.05) is 36.4 Å². The third-order valence-electron chi connectivity index (χ3n) is 11.8. The van der Waals surface area contributed by atoms with Crippen molar-refractivity contribution >= 4 is 5.69 Å². The van der Waals surface area contributed by atoms with E-state index in [1.54, 1.807) is 0 Å². The van der Waals surface area contributed by atoms with E-state index in [-0.39, 0.29) is 0 Å². The van der Waals surface area contributed by atoms with Gasteiger partial charge in [-0.3, -0.25) is 0 Å². The van der Waals surface area contributed by atoms with Gasteiger partial charge in [0, 0.05) is 16.7 Å². The molecule has 3 heteroatoms. The van der Waals surface area contributed by atoms with Gasteiger partial charge in [-0.05, 0) is 78.9 Å². The highest BCUT2D eigenvalue weighted by molar-refractivity contribution is 5.99. The van der Waals surface area contributed by atoms with Crippen molar-refractivity contribution in [3.05, 3.63) is 234 Å². The second kappa shape index (κ2) is 13.0. The van der Waals surface area contributed by atoms with Crippen LogP contribution in [0.1, 0.15) is 22.3 Å². The zero-order valence-electron chi connectivity index (χ0n) is 30.9. The summed E-state index contributed by atoms with van der Waals surface area (Å²) in [5.41, 5.74) is 19.2. The molecule has 0 fully saturated rings. The third kappa shape index (κ3) is 5.05. The van der Waals surface area contributed by atoms with Gasteiger partial charge >= 0.3 is 0 Å². The molecule has 0 saturated carbocycles. The molecule has 1 heterocycles. The van der Waals surface area contributed by atoms with Crippen LogP contribution >= 0.6 is 0 Å². The molecule has 0 amide bonds. The maximum absolute atomic E-state index is 8.15. The first-order valence-electron chi connectivity index (χ1n) is 19.3. The zero-order chi connectivity index (χ0) is 37.9. The van der Waals surface area contributed by atoms with Crippen molar-refractivity contribution in [2.24, 2.45) is 0 Å². The molecule has 57 heavy (non-hydrogen) atoms. The van der Waals surface area contributed by atoms with Crippen LogP contribution in [0.25, 0.3) is 83.3 Å². The Morgan fingerprint density at radius 1 is 0.351 bits per heavy atom. The smallest absolute Gasteiger partial charge is 0.195 e. The molecule has 0 unspecified atom stereocenters. The number of aromatic nitrogens is 2. The molecule has 0 radical (unpaired) electrons. The summed E-state index contributed by atoms with van der Waals surface area (Å²) in [4.78, 5) is 14.2. The van der Waals surface area contributed by atoms with Gasteiger partial charge in [0.05, 0.1) is 23.4 Å². The summed E-state index contributed by atoms with van der Waals surface area (Å²) >= 11 is 0. The predicted octanol–water partition coefficient (Wildman–Crippen LogP) is 13.7. The molecule has 11 rings (SSSR count). The van der Waals surface area contributed by atoms with Gasteiger partial charge in [-0.2, -0.15) is 0 Å². The van der Waals surface area contributed by atoms with Gasteiger partial charge in [0.1, 0.15) is 0 Å². The Balaban J connectivity index is 1.02. The van der Waals surface area contributed by atoms with Crippen molar-refractivity contribution in [3.63, 3.8) is 0 Å². The number of rotatable bonds is 5. The van der Waals surface area contributed by atoms with Crippen molar-refractivity contribution in [1.82, 2.24) is 9.97 Å². The van der Waals surface area contributed by atoms with E-state index in [1.165, 1.54) is 44.5 Å². The van der Waals surface area contributed by atoms with Crippen LogP contribution in [0.15, 0.2) is 200 Å². The summed E-state index contributed by atoms with van der Waals surface area (Å²) in [5, 5.41) is 0. The van der Waals surface area contributed by atoms with Crippen LogP contribution in [0, 0.1) is 6.57 Å². The lowest BCUT2D eigenvalue weighted by atomic mass is 9.70. The fourth-order valence-electron chi connectivity index (χ4n) is 9.20. The van der Waals surface area contributed by atoms with Gasteiger partial charge in [0.15, 0.2) is 11.5 Å². The summed E-state index contributed by atoms with van der Waals surface area (Å²) in [6.07, 6.45) is 0. The summed E-state index contributed by atoms with van der Waals surface area (Å²) in [6.45, 7) is 8.15. The third-order valence-corrected chi connectivity index (χ3v) is 11.8. The van der Waals surface area contributed by atoms with E-state index >= 15 is 0 Å². The van der Waals surface area contributed by atoms with Crippen molar-refractivity contribution in [3.8, 4) is 78.4 Å². The van der Waals surface area contributed by atoms with Crippen LogP contribution < -0.4 is 0 Å². The summed E-state index contributed by atoms with van der Waals surface area (Å²) < 4.78 is 0. The monoisotopic (exact) mass is 723 g/mol. The highest BCUT2D eigenvalue weighted by atomic mass is 14.9. The summed E-state index contributed by atoms with van der Waals surface area (Å²) in [5.74, 6) is 0.693. The van der Waals surface area contributed by atoms with Crippen LogP contribution in [-0.4, -0.2) is 9.97 Å². The lowest BCUT2D eigenvalue weighted by molar-refractivity contribution is 0.794. The predicted molar refractivity (Wildman–Crippen MR) is 232 cm³/mol. The standard InChI is InChI=1S/C54H33N3/c1-55-49-22-12-21-47-52(49)44-32-31-41(33-48(44)54(47)45-19-10-8-17-42(45)43-18-9-11-20-46(43)54)37-25-29-39(30-26-37)51-34-50(56-53(57-51)40-15-6-3-7-16-40)38-27-23-36(24-28-38)35-13-4-2-5-14-35/h2-34H. The van der Waals surface area contributed by atoms with Crippen molar-refractivity contribution in [2.75, 3.05) is 0 Å². The van der Waals surface area contributed by atoms with Crippen molar-refractivity contribution in [2.45, 2.75) is 5.41 Å². The first kappa shape index (κ1) is 32.7. The molecule has 0 aliphatic heterocycles. The minimum Gasteiger partial charge on any atom is -0.238 e. The Kier molecular flexibility index (Phi) is 7.45. The summed E-state index contributed by atoms with van der Waals surface area (Å²) in [6, 6.07) is 70.7. The molecule has 0 N–H and O–H groups in total. The van der Waals surface area contributed by atoms with Crippen LogP contribution in [0.4, 0.5) is 5.69 Å². The minimum atomic E-state index is -0.515. The van der Waals surface area contributed by atoms with Crippen LogP contribution in [0.3, 0.4) is 0 Å². The Morgan fingerprint density at radius 3 is 1.42 bits per heavy atom. The molecule has 0 saturated heterocycles. The molecule has 9 aromatic rings. The Morgan fingerprint density at radius 2 is 0.825 bits per heavy atom. The molecular formula is C54H33N3. The van der Waals surface area contributed by atoms with E-state index in [4.69, 9.17) is 16.5 Å². The number of hydrogen-bond donors (Lipinski definition) is 0. The van der Waals surface area contributed by atoms with Gasteiger partial charge in [-0.25, -0.2) is 14.8 Å². The maximum atomic E-state index is 8.15. The first-order chi connectivity index (χ1) is 28.2. The maximum Gasteiger partial charge on any atom is 0.195 e. The van der Waals surface area contributed by atoms with E-state index in [9.17, 15) is 0 Å². The average Bonchev–Trinajstić information content (AvgIpc) is 3.77. The number of fused-ring (bicyclic) bond motifs is 10. The van der Waals surface area contributed by atoms with Gasteiger partial charge in [-0.15, -0.1) is 0 Å². The Hall–Kier alpha value is -7.67. The SMILES string of the molecule is [C-]#[N+]c1cccc2c1-c1ccc(-c3ccc(-c4cc(-c5ccc(-c6ccccc6)cc5)nc(-c5ccccc5)n4)cc3)cc1C21c2ccccc2-c2ccccc21. The van der Waals surface area contributed by atoms with Crippen molar-refractivity contribution in [1.29, 1.82) is 0 Å². The second-order valence-corrected chi connectivity index (χ2v) is 14.8. The second-order valence-electron chi connectivity index (χ2n) is 14.8. The quantitative estimate of drug-likeness (QED) is 0.166. The lowest BCUT2D eigenvalue weighted by Gasteiger charge is -2.31. The molecule has 2 aliphatic carbocycles. The van der Waals surface area contributed by atoms with E-state index in [2.05, 4.69) is 169 Å². The van der Waals surface area contributed by atoms with Crippen LogP contribution in [0.5, 0.6) is 0 Å². The molecule has 264 valence electrons. The number of benzene rings is 8. The normalized spacial score (nSPS) is 12.7. The Labute approximate surface area is 332 Å². The average molecular weight is 724 g/mol. The van der Waals surface area contributed by atoms with E-state index in [0.29, 0.717) is 11.5 Å². The molecule has 1 aromatic heterocycles. The fraction of sp³-hybridized carbons (Fsp3) is 0.0185. The highest BCUT2D eigenvalue weighted by Gasteiger charge is 2.52. The number of nitrogens with zero attached hydrogens (tertiary/aromatic N) is 3. The minimum absolute atomic E-state index is 0.515. The zero-order valence-corrected chi connectivity index (χ0v) is 30.9. The van der Waals surface area contributed by atoms with Crippen molar-refractivity contribution < 1.29 is 0 Å². The van der Waals surface area contributed by atoms with Crippen LogP contribution in [0.2, 0.25) is 0 Å². The molecule has 8 aromatic carbocycles. The molecule has 0 bridgehead atoms. The molecule has 2 aliphatic rings. The van der Waals surface area contributed by atoms with Gasteiger partial charge < -0.3 is 0 Å². The molecule has 0 atom stereocenters. The van der Waals surface area contributed by atoms with Gasteiger partial charge in [0.25, 0.3) is 0 Å². The summed E-state index contributed by atoms with van der Waals surface area (Å²) in [7, 11) is 0. The van der Waals surface area contributed by atoms with Crippen LogP contribution in [-0.2, 0) is 5.41 Å². The lowest BCUT2D eigenvalue weighted by Crippen LogP contribution is -2.25. The first-order valence-corrected chi connectivity index (χ1v) is 19.3. The number of hydrogen-bond acceptors (Lipinski definition) is 2. The van der Waals surface area contributed by atoms with E-state index < -0.39 is 5.41 Å². The van der Waals surface area contributed by atoms with E-state index in [0.717, 1.165) is 50.3 Å². The molecule has 1 spiro atoms. The highest BCUT2D eigenvalue weighted by Crippen LogP contribution is 2.64.